The quantitative estimate of drug-likeness (QED) is 0.584. The molecule has 166 valence electrons. The standard InChI is InChI=1S/C24H25ClFN5O/c1-14(2)31-7-8-32-23-19(25)10-16(11-21(23)31)22-20(26)13-28-24(30-22)29-18-4-3-15-5-6-27-12-17(15)9-18/h3-4,9-11,13-14,27H,5-8,12H2,1-2H3,(H,28,29,30). The highest BCUT2D eigenvalue weighted by Gasteiger charge is 2.25. The van der Waals surface area contributed by atoms with Crippen LogP contribution in [0.25, 0.3) is 11.3 Å². The van der Waals surface area contributed by atoms with E-state index < -0.39 is 5.82 Å². The van der Waals surface area contributed by atoms with Crippen LogP contribution < -0.4 is 20.3 Å². The van der Waals surface area contributed by atoms with Gasteiger partial charge < -0.3 is 20.3 Å². The Labute approximate surface area is 191 Å². The number of fused-ring (bicyclic) bond motifs is 2. The second-order valence-corrected chi connectivity index (χ2v) is 8.77. The van der Waals surface area contributed by atoms with E-state index in [0.717, 1.165) is 37.4 Å². The number of anilines is 3. The topological polar surface area (TPSA) is 62.3 Å². The molecule has 0 radical (unpaired) electrons. The zero-order valence-electron chi connectivity index (χ0n) is 18.1. The van der Waals surface area contributed by atoms with Crippen molar-refractivity contribution < 1.29 is 9.13 Å². The van der Waals surface area contributed by atoms with Gasteiger partial charge in [-0.05, 0) is 62.2 Å². The summed E-state index contributed by atoms with van der Waals surface area (Å²) < 4.78 is 20.6. The largest absolute Gasteiger partial charge is 0.488 e. The Bertz CT molecular complexity index is 1170. The maximum absolute atomic E-state index is 14.8. The molecule has 0 saturated heterocycles. The molecule has 0 atom stereocenters. The van der Waals surface area contributed by atoms with Gasteiger partial charge in [0.25, 0.3) is 0 Å². The van der Waals surface area contributed by atoms with Crippen molar-refractivity contribution in [1.82, 2.24) is 15.3 Å². The van der Waals surface area contributed by atoms with Gasteiger partial charge in [-0.1, -0.05) is 17.7 Å². The van der Waals surface area contributed by atoms with E-state index in [1.54, 1.807) is 6.07 Å². The average Bonchev–Trinajstić information content (AvgIpc) is 2.79. The first-order chi connectivity index (χ1) is 15.5. The minimum atomic E-state index is -0.506. The van der Waals surface area contributed by atoms with Gasteiger partial charge in [0.2, 0.25) is 5.95 Å². The van der Waals surface area contributed by atoms with Crippen molar-refractivity contribution >= 4 is 28.9 Å². The fourth-order valence-corrected chi connectivity index (χ4v) is 4.56. The van der Waals surface area contributed by atoms with Crippen LogP contribution in [0.1, 0.15) is 25.0 Å². The lowest BCUT2D eigenvalue weighted by Crippen LogP contribution is -2.38. The summed E-state index contributed by atoms with van der Waals surface area (Å²) in [5.74, 6) is 0.454. The predicted octanol–water partition coefficient (Wildman–Crippen LogP) is 4.93. The number of nitrogens with one attached hydrogen (secondary N) is 2. The van der Waals surface area contributed by atoms with Crippen molar-refractivity contribution in [1.29, 1.82) is 0 Å². The summed E-state index contributed by atoms with van der Waals surface area (Å²) >= 11 is 6.52. The first-order valence-corrected chi connectivity index (χ1v) is 11.2. The van der Waals surface area contributed by atoms with Crippen molar-refractivity contribution in [3.05, 3.63) is 58.5 Å². The molecular formula is C24H25ClFN5O. The number of hydrogen-bond donors (Lipinski definition) is 2. The number of benzene rings is 2. The van der Waals surface area contributed by atoms with Crippen molar-refractivity contribution in [2.45, 2.75) is 32.9 Å². The highest BCUT2D eigenvalue weighted by atomic mass is 35.5. The molecule has 3 heterocycles. The molecule has 5 rings (SSSR count). The van der Waals surface area contributed by atoms with Crippen LogP contribution in [0.4, 0.5) is 21.7 Å². The van der Waals surface area contributed by atoms with E-state index in [1.165, 1.54) is 17.3 Å². The minimum absolute atomic E-state index is 0.195. The molecule has 2 aromatic carbocycles. The fourth-order valence-electron chi connectivity index (χ4n) is 4.29. The van der Waals surface area contributed by atoms with Gasteiger partial charge in [0, 0.05) is 23.8 Å². The maximum Gasteiger partial charge on any atom is 0.227 e. The molecule has 2 aliphatic heterocycles. The van der Waals surface area contributed by atoms with Gasteiger partial charge in [-0.2, -0.15) is 0 Å². The molecular weight excluding hydrogens is 429 g/mol. The van der Waals surface area contributed by atoms with Crippen molar-refractivity contribution in [3.63, 3.8) is 0 Å². The summed E-state index contributed by atoms with van der Waals surface area (Å²) in [4.78, 5) is 10.8. The summed E-state index contributed by atoms with van der Waals surface area (Å²) in [5, 5.41) is 7.03. The minimum Gasteiger partial charge on any atom is -0.488 e. The molecule has 0 aliphatic carbocycles. The third-order valence-corrected chi connectivity index (χ3v) is 6.18. The molecule has 2 aliphatic rings. The molecule has 6 nitrogen and oxygen atoms in total. The highest BCUT2D eigenvalue weighted by Crippen LogP contribution is 2.42. The lowest BCUT2D eigenvalue weighted by molar-refractivity contribution is 0.303. The third-order valence-electron chi connectivity index (χ3n) is 5.90. The number of hydrogen-bond acceptors (Lipinski definition) is 6. The molecule has 2 N–H and O–H groups in total. The van der Waals surface area contributed by atoms with Gasteiger partial charge >= 0.3 is 0 Å². The number of nitrogens with zero attached hydrogens (tertiary/aromatic N) is 3. The van der Waals surface area contributed by atoms with E-state index in [0.29, 0.717) is 28.9 Å². The Balaban J connectivity index is 1.49. The number of halogens is 2. The molecule has 0 unspecified atom stereocenters. The molecule has 0 saturated carbocycles. The van der Waals surface area contributed by atoms with Crippen LogP contribution in [0, 0.1) is 5.82 Å². The zero-order valence-corrected chi connectivity index (χ0v) is 18.8. The molecule has 0 bridgehead atoms. The summed E-state index contributed by atoms with van der Waals surface area (Å²) in [6.07, 6.45) is 2.21. The van der Waals surface area contributed by atoms with Crippen LogP contribution in [-0.2, 0) is 13.0 Å². The van der Waals surface area contributed by atoms with Crippen LogP contribution in [0.5, 0.6) is 5.75 Å². The molecule has 0 spiro atoms. The lowest BCUT2D eigenvalue weighted by atomic mass is 10.0. The van der Waals surface area contributed by atoms with E-state index >= 15 is 0 Å². The van der Waals surface area contributed by atoms with Gasteiger partial charge in [-0.15, -0.1) is 0 Å². The van der Waals surface area contributed by atoms with Gasteiger partial charge in [-0.3, -0.25) is 0 Å². The van der Waals surface area contributed by atoms with Gasteiger partial charge in [0.15, 0.2) is 11.6 Å². The highest BCUT2D eigenvalue weighted by molar-refractivity contribution is 6.33. The van der Waals surface area contributed by atoms with Crippen molar-refractivity contribution in [2.24, 2.45) is 0 Å². The van der Waals surface area contributed by atoms with E-state index in [-0.39, 0.29) is 11.7 Å². The molecule has 8 heteroatoms. The number of rotatable bonds is 4. The Morgan fingerprint density at radius 3 is 2.94 bits per heavy atom. The molecule has 32 heavy (non-hydrogen) atoms. The van der Waals surface area contributed by atoms with Gasteiger partial charge in [-0.25, -0.2) is 14.4 Å². The molecule has 3 aromatic rings. The first-order valence-electron chi connectivity index (χ1n) is 10.8. The third kappa shape index (κ3) is 3.98. The maximum atomic E-state index is 14.8. The Kier molecular flexibility index (Phi) is 5.61. The van der Waals surface area contributed by atoms with Crippen molar-refractivity contribution in [2.75, 3.05) is 29.9 Å². The second-order valence-electron chi connectivity index (χ2n) is 8.37. The summed E-state index contributed by atoms with van der Waals surface area (Å²) in [6.45, 7) is 7.36. The number of aromatic nitrogens is 2. The van der Waals surface area contributed by atoms with Crippen LogP contribution in [0.15, 0.2) is 36.5 Å². The molecule has 0 amide bonds. The summed E-state index contributed by atoms with van der Waals surface area (Å²) in [5.41, 5.74) is 5.09. The number of ether oxygens (including phenoxy) is 1. The predicted molar refractivity (Wildman–Crippen MR) is 126 cm³/mol. The molecule has 0 fully saturated rings. The van der Waals surface area contributed by atoms with E-state index in [4.69, 9.17) is 16.3 Å². The summed E-state index contributed by atoms with van der Waals surface area (Å²) in [6, 6.07) is 10.1. The van der Waals surface area contributed by atoms with Crippen LogP contribution in [0.2, 0.25) is 5.02 Å². The Morgan fingerprint density at radius 1 is 1.22 bits per heavy atom. The van der Waals surface area contributed by atoms with Crippen LogP contribution >= 0.6 is 11.6 Å². The SMILES string of the molecule is CC(C)N1CCOc2c(Cl)cc(-c3nc(Nc4ccc5c(c4)CNCC5)ncc3F)cc21. The van der Waals surface area contributed by atoms with E-state index in [9.17, 15) is 4.39 Å². The van der Waals surface area contributed by atoms with E-state index in [2.05, 4.69) is 51.5 Å². The monoisotopic (exact) mass is 453 g/mol. The zero-order chi connectivity index (χ0) is 22.2. The second kappa shape index (κ2) is 8.56. The average molecular weight is 454 g/mol. The van der Waals surface area contributed by atoms with Crippen molar-refractivity contribution in [3.8, 4) is 17.0 Å². The first kappa shape index (κ1) is 21.0. The fraction of sp³-hybridized carbons (Fsp3) is 0.333. The molecule has 1 aromatic heterocycles. The van der Waals surface area contributed by atoms with Gasteiger partial charge in [0.1, 0.15) is 12.3 Å². The smallest absolute Gasteiger partial charge is 0.227 e. The van der Waals surface area contributed by atoms with Crippen LogP contribution in [0.3, 0.4) is 0 Å². The Hall–Kier alpha value is -2.90. The van der Waals surface area contributed by atoms with Crippen LogP contribution in [-0.4, -0.2) is 35.7 Å². The van der Waals surface area contributed by atoms with E-state index in [1.807, 2.05) is 12.1 Å². The van der Waals surface area contributed by atoms with Gasteiger partial charge in [0.05, 0.1) is 23.5 Å². The lowest BCUT2D eigenvalue weighted by Gasteiger charge is -2.35. The Morgan fingerprint density at radius 2 is 2.09 bits per heavy atom. The summed E-state index contributed by atoms with van der Waals surface area (Å²) in [7, 11) is 0. The normalized spacial score (nSPS) is 15.2.